The summed E-state index contributed by atoms with van der Waals surface area (Å²) in [5.74, 6) is -1.31. The second kappa shape index (κ2) is 9.51. The van der Waals surface area contributed by atoms with E-state index >= 15 is 0 Å². The fourth-order valence-electron chi connectivity index (χ4n) is 3.58. The molecule has 0 unspecified atom stereocenters. The number of ether oxygens (including phenoxy) is 2. The van der Waals surface area contributed by atoms with Crippen molar-refractivity contribution in [2.24, 2.45) is 5.92 Å². The van der Waals surface area contributed by atoms with E-state index in [9.17, 15) is 19.5 Å². The minimum absolute atomic E-state index is 0.0653. The maximum atomic E-state index is 13.4. The standard InChI is InChI=1S/C23H26N2O6/c1-14(2)20(24-23(29)31-13-15-7-5-4-6-8-15)21(26)25-18-10-9-17(30-3)11-16(18)12-19(25)22(27)28/h4-11,14,19-20H,12-13H2,1-3H3,(H,24,29)(H,27,28)/t19-,20+/m1/s1. The molecule has 0 aromatic heterocycles. The Kier molecular flexibility index (Phi) is 6.79. The second-order valence-electron chi connectivity index (χ2n) is 7.69. The molecule has 31 heavy (non-hydrogen) atoms. The van der Waals surface area contributed by atoms with Crippen LogP contribution >= 0.6 is 0 Å². The lowest BCUT2D eigenvalue weighted by Crippen LogP contribution is -2.55. The number of hydrogen-bond acceptors (Lipinski definition) is 5. The molecule has 8 nitrogen and oxygen atoms in total. The molecule has 0 fully saturated rings. The molecule has 0 spiro atoms. The third-order valence-corrected chi connectivity index (χ3v) is 5.21. The Balaban J connectivity index is 1.78. The first-order chi connectivity index (χ1) is 14.8. The minimum atomic E-state index is -1.11. The molecule has 0 radical (unpaired) electrons. The summed E-state index contributed by atoms with van der Waals surface area (Å²) in [4.78, 5) is 38.9. The van der Waals surface area contributed by atoms with E-state index in [0.717, 1.165) is 5.56 Å². The van der Waals surface area contributed by atoms with Gasteiger partial charge in [0.1, 0.15) is 24.4 Å². The van der Waals surface area contributed by atoms with E-state index in [1.165, 1.54) is 12.0 Å². The van der Waals surface area contributed by atoms with E-state index < -0.39 is 30.1 Å². The number of carbonyl (C=O) groups excluding carboxylic acids is 2. The van der Waals surface area contributed by atoms with E-state index in [-0.39, 0.29) is 18.9 Å². The number of anilines is 1. The molecule has 1 aliphatic heterocycles. The first kappa shape index (κ1) is 22.1. The average molecular weight is 426 g/mol. The quantitative estimate of drug-likeness (QED) is 0.705. The van der Waals surface area contributed by atoms with Crippen molar-refractivity contribution in [3.63, 3.8) is 0 Å². The summed E-state index contributed by atoms with van der Waals surface area (Å²) in [6, 6.07) is 12.2. The number of nitrogens with one attached hydrogen (secondary N) is 1. The highest BCUT2D eigenvalue weighted by atomic mass is 16.5. The minimum Gasteiger partial charge on any atom is -0.497 e. The van der Waals surface area contributed by atoms with Crippen molar-refractivity contribution >= 4 is 23.7 Å². The first-order valence-corrected chi connectivity index (χ1v) is 10.0. The molecule has 1 aliphatic rings. The van der Waals surface area contributed by atoms with Crippen molar-refractivity contribution in [1.82, 2.24) is 5.32 Å². The van der Waals surface area contributed by atoms with E-state index in [1.807, 2.05) is 30.3 Å². The van der Waals surface area contributed by atoms with E-state index in [2.05, 4.69) is 5.32 Å². The molecule has 0 saturated carbocycles. The van der Waals surface area contributed by atoms with E-state index in [1.54, 1.807) is 32.0 Å². The number of carboxylic acids is 1. The molecule has 2 aromatic rings. The van der Waals surface area contributed by atoms with Crippen LogP contribution in [-0.2, 0) is 27.4 Å². The highest BCUT2D eigenvalue weighted by molar-refractivity contribution is 6.05. The van der Waals surface area contributed by atoms with Crippen LogP contribution in [0.25, 0.3) is 0 Å². The number of hydrogen-bond donors (Lipinski definition) is 2. The SMILES string of the molecule is COc1ccc2c(c1)C[C@H](C(=O)O)N2C(=O)[C@@H](NC(=O)OCc1ccccc1)C(C)C. The Morgan fingerprint density at radius 2 is 1.87 bits per heavy atom. The number of nitrogens with zero attached hydrogens (tertiary/aromatic N) is 1. The number of methoxy groups -OCH3 is 1. The molecule has 0 saturated heterocycles. The average Bonchev–Trinajstić information content (AvgIpc) is 3.15. The van der Waals surface area contributed by atoms with Gasteiger partial charge in [0, 0.05) is 12.1 Å². The number of carboxylic acid groups (broad SMARTS) is 1. The lowest BCUT2D eigenvalue weighted by Gasteiger charge is -2.29. The van der Waals surface area contributed by atoms with Crippen molar-refractivity contribution in [1.29, 1.82) is 0 Å². The van der Waals surface area contributed by atoms with Gasteiger partial charge in [0.2, 0.25) is 0 Å². The predicted octanol–water partition coefficient (Wildman–Crippen LogP) is 2.99. The van der Waals surface area contributed by atoms with Crippen LogP contribution in [0.4, 0.5) is 10.5 Å². The van der Waals surface area contributed by atoms with Crippen molar-refractivity contribution < 1.29 is 29.0 Å². The molecule has 0 bridgehead atoms. The van der Waals surface area contributed by atoms with Gasteiger partial charge in [0.25, 0.3) is 5.91 Å². The van der Waals surface area contributed by atoms with Gasteiger partial charge in [0.15, 0.2) is 0 Å². The van der Waals surface area contributed by atoms with Gasteiger partial charge in [-0.15, -0.1) is 0 Å². The predicted molar refractivity (Wildman–Crippen MR) is 114 cm³/mol. The lowest BCUT2D eigenvalue weighted by atomic mass is 10.0. The number of alkyl carbamates (subject to hydrolysis) is 1. The normalized spacial score (nSPS) is 15.9. The lowest BCUT2D eigenvalue weighted by molar-refractivity contribution is -0.140. The maximum absolute atomic E-state index is 13.4. The molecule has 3 rings (SSSR count). The Hall–Kier alpha value is -3.55. The van der Waals surface area contributed by atoms with Gasteiger partial charge < -0.3 is 19.9 Å². The van der Waals surface area contributed by atoms with Crippen LogP contribution in [0.3, 0.4) is 0 Å². The zero-order valence-electron chi connectivity index (χ0n) is 17.7. The number of aliphatic carboxylic acids is 1. The van der Waals surface area contributed by atoms with Crippen LogP contribution in [0.15, 0.2) is 48.5 Å². The molecule has 2 aromatic carbocycles. The summed E-state index contributed by atoms with van der Waals surface area (Å²) in [5.41, 5.74) is 2.02. The summed E-state index contributed by atoms with van der Waals surface area (Å²) in [7, 11) is 1.52. The summed E-state index contributed by atoms with van der Waals surface area (Å²) < 4.78 is 10.5. The van der Waals surface area contributed by atoms with E-state index in [0.29, 0.717) is 17.0 Å². The Morgan fingerprint density at radius 1 is 1.16 bits per heavy atom. The Morgan fingerprint density at radius 3 is 2.48 bits per heavy atom. The van der Waals surface area contributed by atoms with Gasteiger partial charge >= 0.3 is 12.1 Å². The van der Waals surface area contributed by atoms with Gasteiger partial charge in [-0.25, -0.2) is 9.59 Å². The summed E-state index contributed by atoms with van der Waals surface area (Å²) in [5, 5.41) is 12.3. The number of amides is 2. The fourth-order valence-corrected chi connectivity index (χ4v) is 3.58. The first-order valence-electron chi connectivity index (χ1n) is 10.0. The molecule has 8 heteroatoms. The number of carbonyl (C=O) groups is 3. The smallest absolute Gasteiger partial charge is 0.408 e. The second-order valence-corrected chi connectivity index (χ2v) is 7.69. The topological polar surface area (TPSA) is 105 Å². The molecule has 0 aliphatic carbocycles. The Bertz CT molecular complexity index is 960. The number of rotatable bonds is 7. The van der Waals surface area contributed by atoms with Gasteiger partial charge in [0.05, 0.1) is 7.11 Å². The van der Waals surface area contributed by atoms with Gasteiger partial charge in [-0.2, -0.15) is 0 Å². The monoisotopic (exact) mass is 426 g/mol. The largest absolute Gasteiger partial charge is 0.497 e. The molecular formula is C23H26N2O6. The molecule has 2 atom stereocenters. The fraction of sp³-hybridized carbons (Fsp3) is 0.348. The maximum Gasteiger partial charge on any atom is 0.408 e. The Labute approximate surface area is 180 Å². The van der Waals surface area contributed by atoms with Crippen LogP contribution in [0, 0.1) is 5.92 Å². The van der Waals surface area contributed by atoms with Crippen LogP contribution in [-0.4, -0.2) is 42.3 Å². The summed E-state index contributed by atoms with van der Waals surface area (Å²) in [6.07, 6.45) is -0.575. The van der Waals surface area contributed by atoms with Crippen LogP contribution < -0.4 is 15.0 Å². The number of benzene rings is 2. The molecular weight excluding hydrogens is 400 g/mol. The van der Waals surface area contributed by atoms with Crippen molar-refractivity contribution in [3.05, 3.63) is 59.7 Å². The van der Waals surface area contributed by atoms with Crippen molar-refractivity contribution in [2.45, 2.75) is 39.0 Å². The van der Waals surface area contributed by atoms with Crippen molar-refractivity contribution in [3.8, 4) is 5.75 Å². The molecule has 164 valence electrons. The highest BCUT2D eigenvalue weighted by Crippen LogP contribution is 2.36. The summed E-state index contributed by atoms with van der Waals surface area (Å²) in [6.45, 7) is 3.62. The third-order valence-electron chi connectivity index (χ3n) is 5.21. The van der Waals surface area contributed by atoms with Crippen LogP contribution in [0.5, 0.6) is 5.75 Å². The zero-order valence-corrected chi connectivity index (χ0v) is 17.7. The number of fused-ring (bicyclic) bond motifs is 1. The van der Waals surface area contributed by atoms with Crippen molar-refractivity contribution in [2.75, 3.05) is 12.0 Å². The van der Waals surface area contributed by atoms with Gasteiger partial charge in [-0.05, 0) is 35.2 Å². The molecule has 2 amide bonds. The van der Waals surface area contributed by atoms with Crippen LogP contribution in [0.1, 0.15) is 25.0 Å². The third kappa shape index (κ3) is 4.96. The van der Waals surface area contributed by atoms with E-state index in [4.69, 9.17) is 9.47 Å². The van der Waals surface area contributed by atoms with Crippen LogP contribution in [0.2, 0.25) is 0 Å². The van der Waals surface area contributed by atoms with Gasteiger partial charge in [-0.3, -0.25) is 9.69 Å². The summed E-state index contributed by atoms with van der Waals surface area (Å²) >= 11 is 0. The van der Waals surface area contributed by atoms with Gasteiger partial charge in [-0.1, -0.05) is 44.2 Å². The highest BCUT2D eigenvalue weighted by Gasteiger charge is 2.42. The molecule has 2 N–H and O–H groups in total. The molecule has 1 heterocycles. The zero-order chi connectivity index (χ0) is 22.5.